The maximum atomic E-state index is 6.09. The maximum absolute atomic E-state index is 6.09. The lowest BCUT2D eigenvalue weighted by molar-refractivity contribution is 0.130. The highest BCUT2D eigenvalue weighted by molar-refractivity contribution is 9.10. The molecule has 20 heavy (non-hydrogen) atoms. The van der Waals surface area contributed by atoms with Crippen LogP contribution in [0.1, 0.15) is 52.0 Å². The number of nitrogens with one attached hydrogen (secondary N) is 1. The van der Waals surface area contributed by atoms with E-state index >= 15 is 0 Å². The molecular formula is C17H25BrClN. The largest absolute Gasteiger partial charge is 0.310 e. The Balaban J connectivity index is 2.03. The summed E-state index contributed by atoms with van der Waals surface area (Å²) in [7, 11) is 0. The Morgan fingerprint density at radius 1 is 1.25 bits per heavy atom. The number of hydrogen-bond acceptors (Lipinski definition) is 1. The molecule has 1 saturated carbocycles. The Morgan fingerprint density at radius 3 is 2.65 bits per heavy atom. The molecular weight excluding hydrogens is 334 g/mol. The van der Waals surface area contributed by atoms with Gasteiger partial charge in [0.25, 0.3) is 0 Å². The first kappa shape index (κ1) is 16.3. The van der Waals surface area contributed by atoms with Gasteiger partial charge in [-0.15, -0.1) is 0 Å². The van der Waals surface area contributed by atoms with Crippen molar-refractivity contribution < 1.29 is 0 Å². The van der Waals surface area contributed by atoms with Crippen LogP contribution in [0.15, 0.2) is 22.7 Å². The minimum atomic E-state index is 0.379. The van der Waals surface area contributed by atoms with Gasteiger partial charge in [0.2, 0.25) is 0 Å². The van der Waals surface area contributed by atoms with E-state index in [9.17, 15) is 0 Å². The van der Waals surface area contributed by atoms with Gasteiger partial charge in [-0.05, 0) is 47.9 Å². The second kappa shape index (κ2) is 6.81. The average Bonchev–Trinajstić information content (AvgIpc) is 2.39. The third-order valence-corrected chi connectivity index (χ3v) is 5.45. The summed E-state index contributed by atoms with van der Waals surface area (Å²) in [6, 6.07) is 6.62. The van der Waals surface area contributed by atoms with E-state index in [-0.39, 0.29) is 0 Å². The Bertz CT molecular complexity index is 453. The van der Waals surface area contributed by atoms with Gasteiger partial charge >= 0.3 is 0 Å². The highest BCUT2D eigenvalue weighted by Gasteiger charge is 2.33. The lowest BCUT2D eigenvalue weighted by atomic mass is 9.69. The van der Waals surface area contributed by atoms with E-state index < -0.39 is 0 Å². The topological polar surface area (TPSA) is 12.0 Å². The van der Waals surface area contributed by atoms with E-state index in [1.165, 1.54) is 31.2 Å². The van der Waals surface area contributed by atoms with Crippen LogP contribution < -0.4 is 5.32 Å². The van der Waals surface area contributed by atoms with Gasteiger partial charge in [-0.1, -0.05) is 61.1 Å². The zero-order valence-electron chi connectivity index (χ0n) is 12.7. The van der Waals surface area contributed by atoms with Crippen molar-refractivity contribution in [2.75, 3.05) is 0 Å². The zero-order valence-corrected chi connectivity index (χ0v) is 15.0. The van der Waals surface area contributed by atoms with Crippen molar-refractivity contribution in [3.63, 3.8) is 0 Å². The normalized spacial score (nSPS) is 23.9. The summed E-state index contributed by atoms with van der Waals surface area (Å²) in [5.74, 6) is 0.759. The van der Waals surface area contributed by atoms with Crippen molar-refractivity contribution >= 4 is 27.5 Å². The summed E-state index contributed by atoms with van der Waals surface area (Å²) in [6.45, 7) is 7.99. The second-order valence-corrected chi connectivity index (χ2v) is 8.27. The molecule has 1 aliphatic rings. The molecule has 1 aliphatic carbocycles. The van der Waals surface area contributed by atoms with Crippen molar-refractivity contribution in [3.05, 3.63) is 33.3 Å². The fourth-order valence-electron chi connectivity index (χ4n) is 3.33. The number of halogens is 2. The summed E-state index contributed by atoms with van der Waals surface area (Å²) in [5.41, 5.74) is 1.62. The lowest BCUT2D eigenvalue weighted by Crippen LogP contribution is -2.43. The number of hydrogen-bond donors (Lipinski definition) is 1. The molecule has 1 nitrogen and oxygen atoms in total. The monoisotopic (exact) mass is 357 g/mol. The van der Waals surface area contributed by atoms with Gasteiger partial charge in [0, 0.05) is 22.1 Å². The molecule has 0 heterocycles. The predicted molar refractivity (Wildman–Crippen MR) is 91.2 cm³/mol. The van der Waals surface area contributed by atoms with Crippen LogP contribution in [0.25, 0.3) is 0 Å². The molecule has 2 unspecified atom stereocenters. The Kier molecular flexibility index (Phi) is 5.56. The Morgan fingerprint density at radius 2 is 1.95 bits per heavy atom. The molecule has 112 valence electrons. The summed E-state index contributed by atoms with van der Waals surface area (Å²) >= 11 is 9.70. The first-order valence-corrected chi connectivity index (χ1v) is 8.72. The third-order valence-electron chi connectivity index (χ3n) is 4.44. The van der Waals surface area contributed by atoms with Gasteiger partial charge in [0.05, 0.1) is 0 Å². The van der Waals surface area contributed by atoms with Crippen LogP contribution >= 0.6 is 27.5 Å². The quantitative estimate of drug-likeness (QED) is 0.720. The van der Waals surface area contributed by atoms with Crippen LogP contribution in [0.2, 0.25) is 5.02 Å². The fraction of sp³-hybridized carbons (Fsp3) is 0.647. The Labute approximate surface area is 136 Å². The maximum Gasteiger partial charge on any atom is 0.0410 e. The van der Waals surface area contributed by atoms with Crippen LogP contribution in [0.5, 0.6) is 0 Å². The minimum Gasteiger partial charge on any atom is -0.310 e. The molecule has 0 radical (unpaired) electrons. The number of rotatable bonds is 3. The summed E-state index contributed by atoms with van der Waals surface area (Å²) < 4.78 is 1.14. The van der Waals surface area contributed by atoms with Crippen LogP contribution in [0, 0.1) is 11.3 Å². The van der Waals surface area contributed by atoms with Crippen LogP contribution in [-0.4, -0.2) is 6.04 Å². The van der Waals surface area contributed by atoms with Crippen molar-refractivity contribution in [3.8, 4) is 0 Å². The van der Waals surface area contributed by atoms with Crippen LogP contribution in [-0.2, 0) is 6.54 Å². The predicted octanol–water partition coefficient (Wildman–Crippen LogP) is 5.80. The first-order chi connectivity index (χ1) is 9.38. The molecule has 1 fully saturated rings. The molecule has 0 saturated heterocycles. The van der Waals surface area contributed by atoms with Gasteiger partial charge < -0.3 is 5.32 Å². The SMILES string of the molecule is CC(C)(C)C1CCCCC1NCc1cc(Cl)ccc1Br. The molecule has 1 aromatic rings. The fourth-order valence-corrected chi connectivity index (χ4v) is 3.91. The van der Waals surface area contributed by atoms with Crippen LogP contribution in [0.4, 0.5) is 0 Å². The molecule has 1 N–H and O–H groups in total. The smallest absolute Gasteiger partial charge is 0.0410 e. The molecule has 0 aromatic heterocycles. The van der Waals surface area contributed by atoms with Crippen molar-refractivity contribution in [1.82, 2.24) is 5.32 Å². The Hall–Kier alpha value is -0.0500. The van der Waals surface area contributed by atoms with E-state index in [4.69, 9.17) is 11.6 Å². The van der Waals surface area contributed by atoms with Gasteiger partial charge in [0.1, 0.15) is 0 Å². The summed E-state index contributed by atoms with van der Waals surface area (Å²) in [5, 5.41) is 4.58. The molecule has 2 rings (SSSR count). The molecule has 0 spiro atoms. The first-order valence-electron chi connectivity index (χ1n) is 7.55. The minimum absolute atomic E-state index is 0.379. The molecule has 3 heteroatoms. The standard InChI is InChI=1S/C17H25BrClN/c1-17(2,3)14-6-4-5-7-16(14)20-11-12-10-13(19)8-9-15(12)18/h8-10,14,16,20H,4-7,11H2,1-3H3. The lowest BCUT2D eigenvalue weighted by Gasteiger charge is -2.41. The van der Waals surface area contributed by atoms with Crippen molar-refractivity contribution in [2.45, 2.75) is 59.0 Å². The van der Waals surface area contributed by atoms with E-state index in [1.807, 2.05) is 18.2 Å². The molecule has 0 amide bonds. The highest BCUT2D eigenvalue weighted by atomic mass is 79.9. The molecule has 0 aliphatic heterocycles. The van der Waals surface area contributed by atoms with E-state index in [0.717, 1.165) is 22.0 Å². The number of benzene rings is 1. The van der Waals surface area contributed by atoms with Gasteiger partial charge in [-0.25, -0.2) is 0 Å². The van der Waals surface area contributed by atoms with E-state index in [0.29, 0.717) is 11.5 Å². The highest BCUT2D eigenvalue weighted by Crippen LogP contribution is 2.38. The summed E-state index contributed by atoms with van der Waals surface area (Å²) in [4.78, 5) is 0. The van der Waals surface area contributed by atoms with E-state index in [1.54, 1.807) is 0 Å². The zero-order chi connectivity index (χ0) is 14.8. The van der Waals surface area contributed by atoms with Crippen LogP contribution in [0.3, 0.4) is 0 Å². The van der Waals surface area contributed by atoms with Gasteiger partial charge in [-0.2, -0.15) is 0 Å². The molecule has 1 aromatic carbocycles. The van der Waals surface area contributed by atoms with Gasteiger partial charge in [0.15, 0.2) is 0 Å². The second-order valence-electron chi connectivity index (χ2n) is 6.98. The third kappa shape index (κ3) is 4.22. The average molecular weight is 359 g/mol. The molecule has 0 bridgehead atoms. The van der Waals surface area contributed by atoms with Crippen molar-refractivity contribution in [2.24, 2.45) is 11.3 Å². The van der Waals surface area contributed by atoms with E-state index in [2.05, 4.69) is 42.0 Å². The van der Waals surface area contributed by atoms with Crippen molar-refractivity contribution in [1.29, 1.82) is 0 Å². The van der Waals surface area contributed by atoms with Gasteiger partial charge in [-0.3, -0.25) is 0 Å². The molecule has 2 atom stereocenters. The summed E-state index contributed by atoms with van der Waals surface area (Å²) in [6.07, 6.45) is 5.36.